The molecule has 0 saturated carbocycles. The van der Waals surface area contributed by atoms with Gasteiger partial charge in [0.1, 0.15) is 11.2 Å². The van der Waals surface area contributed by atoms with Gasteiger partial charge < -0.3 is 9.32 Å². The van der Waals surface area contributed by atoms with Crippen molar-refractivity contribution in [3.63, 3.8) is 0 Å². The first kappa shape index (κ1) is 44.0. The van der Waals surface area contributed by atoms with Crippen LogP contribution in [0.5, 0.6) is 0 Å². The molecule has 13 aromatic rings. The van der Waals surface area contributed by atoms with E-state index >= 15 is 0 Å². The number of benzene rings is 12. The molecule has 358 valence electrons. The Bertz CT molecular complexity index is 4350. The smallest absolute Gasteiger partial charge is 0.143 e. The van der Waals surface area contributed by atoms with Gasteiger partial charge in [0.05, 0.1) is 5.41 Å². The second kappa shape index (κ2) is 17.0. The fraction of sp³-hybridized carbons (Fsp3) is 0.0541. The Labute approximate surface area is 443 Å². The van der Waals surface area contributed by atoms with E-state index in [2.05, 4.69) is 292 Å². The number of rotatable bonds is 8. The van der Waals surface area contributed by atoms with Gasteiger partial charge in [0.25, 0.3) is 0 Å². The van der Waals surface area contributed by atoms with Gasteiger partial charge in [-0.2, -0.15) is 0 Å². The van der Waals surface area contributed by atoms with Gasteiger partial charge in [-0.15, -0.1) is 0 Å². The number of para-hydroxylation sites is 1. The molecule has 0 fully saturated rings. The lowest BCUT2D eigenvalue weighted by Crippen LogP contribution is -2.28. The van der Waals surface area contributed by atoms with Crippen molar-refractivity contribution < 1.29 is 4.42 Å². The van der Waals surface area contributed by atoms with E-state index in [1.165, 1.54) is 83.3 Å². The molecular formula is C74H51NO. The van der Waals surface area contributed by atoms with E-state index < -0.39 is 5.41 Å². The highest BCUT2D eigenvalue weighted by molar-refractivity contribution is 6.17. The number of hydrogen-bond donors (Lipinski definition) is 0. The van der Waals surface area contributed by atoms with Gasteiger partial charge in [-0.05, 0) is 131 Å². The first-order valence-electron chi connectivity index (χ1n) is 26.5. The molecule has 0 aliphatic heterocycles. The highest BCUT2D eigenvalue weighted by Gasteiger charge is 2.47. The zero-order valence-electron chi connectivity index (χ0n) is 42.3. The molecule has 12 aromatic carbocycles. The molecule has 0 radical (unpaired) electrons. The first-order chi connectivity index (χ1) is 37.5. The van der Waals surface area contributed by atoms with Crippen molar-refractivity contribution in [1.82, 2.24) is 0 Å². The molecule has 0 amide bonds. The van der Waals surface area contributed by atoms with Crippen molar-refractivity contribution in [3.8, 4) is 55.6 Å². The van der Waals surface area contributed by atoms with Crippen LogP contribution in [0.15, 0.2) is 277 Å². The quantitative estimate of drug-likeness (QED) is 0.151. The third-order valence-corrected chi connectivity index (χ3v) is 16.8. The summed E-state index contributed by atoms with van der Waals surface area (Å²) >= 11 is 0. The van der Waals surface area contributed by atoms with Crippen molar-refractivity contribution in [2.45, 2.75) is 24.7 Å². The van der Waals surface area contributed by atoms with Crippen LogP contribution in [0, 0.1) is 0 Å². The summed E-state index contributed by atoms with van der Waals surface area (Å²) in [6.07, 6.45) is 0. The number of nitrogens with zero attached hydrogens (tertiary/aromatic N) is 1. The summed E-state index contributed by atoms with van der Waals surface area (Å²) in [6, 6.07) is 101. The number of furan rings is 1. The maximum atomic E-state index is 6.81. The molecule has 0 bridgehead atoms. The van der Waals surface area contributed by atoms with E-state index in [1.807, 2.05) is 0 Å². The summed E-state index contributed by atoms with van der Waals surface area (Å²) in [4.78, 5) is 2.39. The van der Waals surface area contributed by atoms with E-state index in [-0.39, 0.29) is 5.41 Å². The van der Waals surface area contributed by atoms with Crippen molar-refractivity contribution in [3.05, 3.63) is 306 Å². The third kappa shape index (κ3) is 6.47. The lowest BCUT2D eigenvalue weighted by molar-refractivity contribution is 0.660. The third-order valence-electron chi connectivity index (χ3n) is 16.8. The average molecular weight is 970 g/mol. The number of fused-ring (bicyclic) bond motifs is 11. The molecule has 2 heteroatoms. The largest absolute Gasteiger partial charge is 0.455 e. The van der Waals surface area contributed by atoms with Crippen LogP contribution in [0.4, 0.5) is 17.1 Å². The minimum atomic E-state index is -0.469. The van der Waals surface area contributed by atoms with Crippen molar-refractivity contribution in [1.29, 1.82) is 0 Å². The Morgan fingerprint density at radius 1 is 0.289 bits per heavy atom. The number of anilines is 3. The lowest BCUT2D eigenvalue weighted by Gasteiger charge is -2.34. The maximum Gasteiger partial charge on any atom is 0.143 e. The van der Waals surface area contributed by atoms with Gasteiger partial charge >= 0.3 is 0 Å². The van der Waals surface area contributed by atoms with Crippen LogP contribution in [-0.4, -0.2) is 0 Å². The van der Waals surface area contributed by atoms with Gasteiger partial charge in [-0.3, -0.25) is 0 Å². The monoisotopic (exact) mass is 969 g/mol. The minimum absolute atomic E-state index is 0.0720. The standard InChI is InChI=1S/C74H51NO/c1-73(2)65-30-13-11-24-63(65)69-57(26-16-32-67(69)73)49-34-41-54(42-35-49)75(56-45-38-51(39-46-56)60-28-15-29-61-62-47-40-48-18-9-10-23-59(48)72(62)76-71(60)61)55-43-36-50(37-44-55)58-27-17-33-68-70(58)64-25-12-14-31-66(64)74(68,52-19-5-3-6-20-52)53-21-7-4-8-22-53/h3-47H,1-2H3. The molecule has 76 heavy (non-hydrogen) atoms. The van der Waals surface area contributed by atoms with Crippen LogP contribution in [0.3, 0.4) is 0 Å². The Hall–Kier alpha value is -9.50. The summed E-state index contributed by atoms with van der Waals surface area (Å²) in [5.74, 6) is 0. The predicted octanol–water partition coefficient (Wildman–Crippen LogP) is 19.9. The molecule has 1 aromatic heterocycles. The van der Waals surface area contributed by atoms with Gasteiger partial charge in [-0.1, -0.05) is 244 Å². The summed E-state index contributed by atoms with van der Waals surface area (Å²) in [6.45, 7) is 4.70. The lowest BCUT2D eigenvalue weighted by atomic mass is 9.67. The maximum absolute atomic E-state index is 6.81. The Morgan fingerprint density at radius 2 is 0.711 bits per heavy atom. The molecule has 2 aliphatic carbocycles. The van der Waals surface area contributed by atoms with Crippen LogP contribution in [0.25, 0.3) is 88.3 Å². The number of hydrogen-bond acceptors (Lipinski definition) is 2. The molecule has 15 rings (SSSR count). The van der Waals surface area contributed by atoms with Crippen LogP contribution >= 0.6 is 0 Å². The average Bonchev–Trinajstić information content (AvgIpc) is 4.11. The summed E-state index contributed by atoms with van der Waals surface area (Å²) in [5, 5.41) is 4.56. The molecule has 2 nitrogen and oxygen atoms in total. The van der Waals surface area contributed by atoms with Crippen LogP contribution in [-0.2, 0) is 10.8 Å². The highest BCUT2D eigenvalue weighted by atomic mass is 16.3. The SMILES string of the molecule is CC1(C)c2ccccc2-c2c(-c3ccc(N(c4ccc(-c5cccc6c5-c5ccccc5C6(c5ccccc5)c5ccccc5)cc4)c4ccc(-c5cccc6c5oc5c7ccccc7ccc65)cc4)cc3)cccc21. The predicted molar refractivity (Wildman–Crippen MR) is 317 cm³/mol. The van der Waals surface area contributed by atoms with E-state index in [0.717, 1.165) is 55.5 Å². The molecule has 0 spiro atoms. The van der Waals surface area contributed by atoms with Gasteiger partial charge in [0.15, 0.2) is 0 Å². The minimum Gasteiger partial charge on any atom is -0.455 e. The summed E-state index contributed by atoms with van der Waals surface area (Å²) < 4.78 is 6.81. The molecule has 0 atom stereocenters. The zero-order valence-corrected chi connectivity index (χ0v) is 42.3. The molecule has 0 N–H and O–H groups in total. The summed E-state index contributed by atoms with van der Waals surface area (Å²) in [5.41, 5.74) is 24.7. The van der Waals surface area contributed by atoms with Crippen LogP contribution in [0.2, 0.25) is 0 Å². The van der Waals surface area contributed by atoms with E-state index in [9.17, 15) is 0 Å². The highest BCUT2D eigenvalue weighted by Crippen LogP contribution is 2.59. The van der Waals surface area contributed by atoms with Gasteiger partial charge in [-0.25, -0.2) is 0 Å². The molecule has 1 heterocycles. The molecular weight excluding hydrogens is 919 g/mol. The van der Waals surface area contributed by atoms with Gasteiger partial charge in [0, 0.05) is 44.2 Å². The van der Waals surface area contributed by atoms with Crippen molar-refractivity contribution in [2.75, 3.05) is 4.90 Å². The van der Waals surface area contributed by atoms with Crippen molar-refractivity contribution in [2.24, 2.45) is 0 Å². The molecule has 0 saturated heterocycles. The van der Waals surface area contributed by atoms with E-state index in [0.29, 0.717) is 0 Å². The van der Waals surface area contributed by atoms with Gasteiger partial charge in [0.2, 0.25) is 0 Å². The van der Waals surface area contributed by atoms with Crippen LogP contribution < -0.4 is 4.90 Å². The molecule has 2 aliphatic rings. The zero-order chi connectivity index (χ0) is 50.5. The Kier molecular flexibility index (Phi) is 9.86. The van der Waals surface area contributed by atoms with E-state index in [4.69, 9.17) is 4.42 Å². The second-order valence-corrected chi connectivity index (χ2v) is 21.1. The fourth-order valence-corrected chi connectivity index (χ4v) is 13.3. The molecule has 0 unspecified atom stereocenters. The van der Waals surface area contributed by atoms with Crippen LogP contribution in [0.1, 0.15) is 47.2 Å². The normalized spacial score (nSPS) is 13.6. The van der Waals surface area contributed by atoms with E-state index in [1.54, 1.807) is 0 Å². The first-order valence-corrected chi connectivity index (χ1v) is 26.5. The van der Waals surface area contributed by atoms with Crippen molar-refractivity contribution >= 4 is 49.8 Å². The summed E-state index contributed by atoms with van der Waals surface area (Å²) in [7, 11) is 0. The Balaban J connectivity index is 0.856. The topological polar surface area (TPSA) is 16.4 Å². The fourth-order valence-electron chi connectivity index (χ4n) is 13.3. The Morgan fingerprint density at radius 3 is 1.33 bits per heavy atom. The second-order valence-electron chi connectivity index (χ2n) is 21.1.